The van der Waals surface area contributed by atoms with Crippen molar-refractivity contribution in [1.29, 1.82) is 0 Å². The molecule has 2 heterocycles. The summed E-state index contributed by atoms with van der Waals surface area (Å²) in [5.74, 6) is 0. The number of H-pyrrole nitrogens is 1. The van der Waals surface area contributed by atoms with Crippen LogP contribution in [0.1, 0.15) is 52.4 Å². The maximum absolute atomic E-state index is 12.6. The van der Waals surface area contributed by atoms with Crippen molar-refractivity contribution in [2.24, 2.45) is 0 Å². The molecule has 122 valence electrons. The molecule has 2 aromatic rings. The molecule has 22 heavy (non-hydrogen) atoms. The van der Waals surface area contributed by atoms with Crippen LogP contribution < -0.4 is 11.2 Å². The summed E-state index contributed by atoms with van der Waals surface area (Å²) in [7, 11) is 0. The highest BCUT2D eigenvalue weighted by Gasteiger charge is 2.16. The molecule has 7 heteroatoms. The minimum absolute atomic E-state index is 0.141. The molecular weight excluding hydrogens is 304 g/mol. The number of aromatic amines is 1. The zero-order valence-electron chi connectivity index (χ0n) is 13.2. The maximum atomic E-state index is 12.6. The van der Waals surface area contributed by atoms with E-state index in [0.29, 0.717) is 24.3 Å². The van der Waals surface area contributed by atoms with Gasteiger partial charge in [-0.2, -0.15) is 4.98 Å². The van der Waals surface area contributed by atoms with E-state index in [-0.39, 0.29) is 16.5 Å². The highest BCUT2D eigenvalue weighted by Crippen LogP contribution is 2.11. The van der Waals surface area contributed by atoms with Crippen molar-refractivity contribution in [3.63, 3.8) is 0 Å². The van der Waals surface area contributed by atoms with Gasteiger partial charge in [0.25, 0.3) is 5.56 Å². The fraction of sp³-hybridized carbons (Fsp3) is 0.667. The first-order valence-corrected chi connectivity index (χ1v) is 8.36. The van der Waals surface area contributed by atoms with Crippen LogP contribution in [0.15, 0.2) is 9.59 Å². The Kier molecular flexibility index (Phi) is 5.83. The molecule has 0 bridgehead atoms. The summed E-state index contributed by atoms with van der Waals surface area (Å²) in [6.07, 6.45) is 5.81. The molecule has 1 N–H and O–H groups in total. The number of fused-ring (bicyclic) bond motifs is 1. The minimum Gasteiger partial charge on any atom is -0.323 e. The normalized spacial score (nSPS) is 11.4. The third kappa shape index (κ3) is 3.43. The molecule has 0 fully saturated rings. The Labute approximate surface area is 134 Å². The summed E-state index contributed by atoms with van der Waals surface area (Å²) in [5.41, 5.74) is 0.0653. The van der Waals surface area contributed by atoms with Crippen molar-refractivity contribution in [3.05, 3.63) is 26.1 Å². The van der Waals surface area contributed by atoms with E-state index in [1.807, 2.05) is 0 Å². The van der Waals surface area contributed by atoms with Crippen molar-refractivity contribution in [3.8, 4) is 0 Å². The van der Waals surface area contributed by atoms with E-state index in [9.17, 15) is 9.59 Å². The number of nitrogens with zero attached hydrogens (tertiary/aromatic N) is 3. The second-order valence-corrected chi connectivity index (χ2v) is 5.89. The van der Waals surface area contributed by atoms with Gasteiger partial charge in [-0.1, -0.05) is 39.5 Å². The number of halogens is 1. The van der Waals surface area contributed by atoms with Gasteiger partial charge in [-0.15, -0.1) is 0 Å². The predicted molar refractivity (Wildman–Crippen MR) is 88.7 cm³/mol. The van der Waals surface area contributed by atoms with Crippen molar-refractivity contribution >= 4 is 22.8 Å². The van der Waals surface area contributed by atoms with Crippen LogP contribution in [0.3, 0.4) is 0 Å². The van der Waals surface area contributed by atoms with Gasteiger partial charge in [0.1, 0.15) is 0 Å². The van der Waals surface area contributed by atoms with Crippen molar-refractivity contribution in [2.75, 3.05) is 0 Å². The highest BCUT2D eigenvalue weighted by molar-refractivity contribution is 6.28. The second-order valence-electron chi connectivity index (χ2n) is 5.53. The van der Waals surface area contributed by atoms with Gasteiger partial charge in [0.2, 0.25) is 5.28 Å². The summed E-state index contributed by atoms with van der Waals surface area (Å²) < 4.78 is 2.87. The molecule has 2 rings (SSSR count). The van der Waals surface area contributed by atoms with Crippen LogP contribution in [0.5, 0.6) is 0 Å². The number of aryl methyl sites for hydroxylation is 1. The third-order valence-electron chi connectivity index (χ3n) is 3.80. The summed E-state index contributed by atoms with van der Waals surface area (Å²) in [4.78, 5) is 32.0. The molecule has 0 unspecified atom stereocenters. The average molecular weight is 327 g/mol. The van der Waals surface area contributed by atoms with Crippen molar-refractivity contribution < 1.29 is 0 Å². The Morgan fingerprint density at radius 1 is 1.00 bits per heavy atom. The topological polar surface area (TPSA) is 72.7 Å². The largest absolute Gasteiger partial charge is 0.332 e. The van der Waals surface area contributed by atoms with Crippen LogP contribution in [0.4, 0.5) is 0 Å². The first-order valence-electron chi connectivity index (χ1n) is 7.99. The molecule has 0 aliphatic rings. The highest BCUT2D eigenvalue weighted by atomic mass is 35.5. The Bertz CT molecular complexity index is 744. The van der Waals surface area contributed by atoms with E-state index in [0.717, 1.165) is 38.5 Å². The van der Waals surface area contributed by atoms with Gasteiger partial charge in [-0.25, -0.2) is 4.79 Å². The van der Waals surface area contributed by atoms with Crippen LogP contribution in [-0.4, -0.2) is 19.1 Å². The Morgan fingerprint density at radius 2 is 1.59 bits per heavy atom. The van der Waals surface area contributed by atoms with Crippen LogP contribution in [0.2, 0.25) is 5.28 Å². The number of imidazole rings is 1. The summed E-state index contributed by atoms with van der Waals surface area (Å²) in [6.45, 7) is 5.18. The van der Waals surface area contributed by atoms with E-state index in [4.69, 9.17) is 11.6 Å². The van der Waals surface area contributed by atoms with Gasteiger partial charge >= 0.3 is 5.69 Å². The predicted octanol–water partition coefficient (Wildman–Crippen LogP) is 2.92. The SMILES string of the molecule is CCCCCn1c(=O)c2[nH]c(Cl)nc2n(CCCCC)c1=O. The number of unbranched alkanes of at least 4 members (excludes halogenated alkanes) is 4. The quantitative estimate of drug-likeness (QED) is 0.598. The smallest absolute Gasteiger partial charge is 0.323 e. The van der Waals surface area contributed by atoms with E-state index in [1.165, 1.54) is 4.57 Å². The van der Waals surface area contributed by atoms with E-state index in [1.54, 1.807) is 4.57 Å². The molecule has 0 aliphatic carbocycles. The lowest BCUT2D eigenvalue weighted by molar-refractivity contribution is 0.516. The molecule has 0 atom stereocenters. The molecule has 2 aromatic heterocycles. The Morgan fingerprint density at radius 3 is 2.18 bits per heavy atom. The summed E-state index contributed by atoms with van der Waals surface area (Å²) in [6, 6.07) is 0. The van der Waals surface area contributed by atoms with Crippen LogP contribution in [0.25, 0.3) is 11.2 Å². The molecule has 6 nitrogen and oxygen atoms in total. The van der Waals surface area contributed by atoms with Gasteiger partial charge in [0, 0.05) is 13.1 Å². The summed E-state index contributed by atoms with van der Waals surface area (Å²) in [5, 5.41) is 0.141. The van der Waals surface area contributed by atoms with E-state index < -0.39 is 0 Å². The Hall–Kier alpha value is -1.56. The van der Waals surface area contributed by atoms with Gasteiger partial charge in [0.05, 0.1) is 0 Å². The minimum atomic E-state index is -0.331. The van der Waals surface area contributed by atoms with Gasteiger partial charge in [-0.05, 0) is 24.4 Å². The van der Waals surface area contributed by atoms with Crippen LogP contribution >= 0.6 is 11.6 Å². The zero-order valence-corrected chi connectivity index (χ0v) is 13.9. The molecule has 0 aliphatic heterocycles. The molecule has 0 amide bonds. The standard InChI is InChI=1S/C15H23ClN4O2/c1-3-5-7-9-19-12-11(17-14(16)18-12)13(21)20(15(19)22)10-8-6-4-2/h3-10H2,1-2H3,(H,17,18). The van der Waals surface area contributed by atoms with Gasteiger partial charge in [-0.3, -0.25) is 13.9 Å². The number of aromatic nitrogens is 4. The molecule has 0 saturated carbocycles. The fourth-order valence-corrected chi connectivity index (χ4v) is 2.75. The second kappa shape index (κ2) is 7.63. The third-order valence-corrected chi connectivity index (χ3v) is 3.98. The number of hydrogen-bond donors (Lipinski definition) is 1. The molecular formula is C15H23ClN4O2. The zero-order chi connectivity index (χ0) is 16.1. The van der Waals surface area contributed by atoms with Crippen LogP contribution in [-0.2, 0) is 13.1 Å². The lowest BCUT2D eigenvalue weighted by Crippen LogP contribution is -2.40. The van der Waals surface area contributed by atoms with Crippen LogP contribution in [0, 0.1) is 0 Å². The molecule has 0 spiro atoms. The number of rotatable bonds is 8. The van der Waals surface area contributed by atoms with Crippen molar-refractivity contribution in [2.45, 2.75) is 65.5 Å². The van der Waals surface area contributed by atoms with Gasteiger partial charge in [0.15, 0.2) is 11.2 Å². The first kappa shape index (κ1) is 16.8. The van der Waals surface area contributed by atoms with E-state index >= 15 is 0 Å². The fourth-order valence-electron chi connectivity index (χ4n) is 2.58. The maximum Gasteiger partial charge on any atom is 0.332 e. The molecule has 0 aromatic carbocycles. The van der Waals surface area contributed by atoms with Gasteiger partial charge < -0.3 is 4.98 Å². The molecule has 0 saturated heterocycles. The molecule has 0 radical (unpaired) electrons. The number of nitrogens with one attached hydrogen (secondary N) is 1. The first-order chi connectivity index (χ1) is 10.6. The lowest BCUT2D eigenvalue weighted by Gasteiger charge is -2.10. The van der Waals surface area contributed by atoms with Crippen molar-refractivity contribution in [1.82, 2.24) is 19.1 Å². The number of hydrogen-bond acceptors (Lipinski definition) is 3. The van der Waals surface area contributed by atoms with E-state index in [2.05, 4.69) is 23.8 Å². The Balaban J connectivity index is 2.50. The monoisotopic (exact) mass is 326 g/mol. The lowest BCUT2D eigenvalue weighted by atomic mass is 10.2. The average Bonchev–Trinajstić information content (AvgIpc) is 2.88. The summed E-state index contributed by atoms with van der Waals surface area (Å²) >= 11 is 5.89.